The van der Waals surface area contributed by atoms with Gasteiger partial charge >= 0.3 is 0 Å². The van der Waals surface area contributed by atoms with Gasteiger partial charge in [-0.25, -0.2) is 0 Å². The van der Waals surface area contributed by atoms with Crippen LogP contribution in [0.15, 0.2) is 35.0 Å². The van der Waals surface area contributed by atoms with Gasteiger partial charge in [0.15, 0.2) is 5.69 Å². The second-order valence-electron chi connectivity index (χ2n) is 4.09. The summed E-state index contributed by atoms with van der Waals surface area (Å²) in [5.41, 5.74) is 6.79. The molecule has 0 spiro atoms. The van der Waals surface area contributed by atoms with Crippen molar-refractivity contribution in [3.63, 3.8) is 0 Å². The monoisotopic (exact) mass is 290 g/mol. The number of rotatable bonds is 4. The van der Waals surface area contributed by atoms with E-state index < -0.39 is 0 Å². The molecular weight excluding hydrogens is 280 g/mol. The molecule has 0 atom stereocenters. The molecule has 2 aromatic heterocycles. The fourth-order valence-corrected chi connectivity index (χ4v) is 1.81. The van der Waals surface area contributed by atoms with Gasteiger partial charge in [-0.1, -0.05) is 22.0 Å². The third kappa shape index (κ3) is 2.54. The lowest BCUT2D eigenvalue weighted by Gasteiger charge is -1.93. The van der Waals surface area contributed by atoms with E-state index >= 15 is 0 Å². The van der Waals surface area contributed by atoms with Gasteiger partial charge in [-0.3, -0.25) is 4.68 Å². The maximum atomic E-state index is 5.84. The molecule has 0 aliphatic carbocycles. The predicted octanol–water partition coefficient (Wildman–Crippen LogP) is 1.61. The van der Waals surface area contributed by atoms with Crippen LogP contribution in [0.5, 0.6) is 0 Å². The number of benzene rings is 1. The highest BCUT2D eigenvalue weighted by atomic mass is 35.5. The molecule has 20 heavy (non-hydrogen) atoms. The number of nitrogens with zero attached hydrogens (tertiary/aromatic N) is 5. The number of nitrogens with two attached hydrogens (primary N) is 1. The third-order valence-corrected chi connectivity index (χ3v) is 2.90. The van der Waals surface area contributed by atoms with Gasteiger partial charge in [-0.05, 0) is 24.3 Å². The van der Waals surface area contributed by atoms with Gasteiger partial charge in [0.2, 0.25) is 5.82 Å². The summed E-state index contributed by atoms with van der Waals surface area (Å²) in [6.45, 7) is 1.08. The van der Waals surface area contributed by atoms with Crippen molar-refractivity contribution in [3.05, 3.63) is 35.5 Å². The molecule has 2 heterocycles. The highest BCUT2D eigenvalue weighted by molar-refractivity contribution is 6.30. The molecule has 0 bridgehead atoms. The van der Waals surface area contributed by atoms with Crippen LogP contribution in [0.4, 0.5) is 0 Å². The number of halogens is 1. The average Bonchev–Trinajstić information content (AvgIpc) is 3.08. The molecule has 3 rings (SSSR count). The molecule has 102 valence electrons. The zero-order valence-electron chi connectivity index (χ0n) is 10.4. The molecule has 2 N–H and O–H groups in total. The van der Waals surface area contributed by atoms with Crippen LogP contribution >= 0.6 is 11.6 Å². The first-order chi connectivity index (χ1) is 9.76. The minimum atomic E-state index is 0.318. The van der Waals surface area contributed by atoms with Crippen molar-refractivity contribution in [1.29, 1.82) is 0 Å². The smallest absolute Gasteiger partial charge is 0.280 e. The number of hydrogen-bond acceptors (Lipinski definition) is 6. The van der Waals surface area contributed by atoms with Crippen molar-refractivity contribution < 1.29 is 4.52 Å². The van der Waals surface area contributed by atoms with Gasteiger partial charge in [0.05, 0.1) is 12.7 Å². The molecule has 0 unspecified atom stereocenters. The van der Waals surface area contributed by atoms with E-state index in [2.05, 4.69) is 20.5 Å². The van der Waals surface area contributed by atoms with Crippen LogP contribution in [0.1, 0.15) is 0 Å². The summed E-state index contributed by atoms with van der Waals surface area (Å²) in [5, 5.41) is 12.5. The van der Waals surface area contributed by atoms with Crippen molar-refractivity contribution in [3.8, 4) is 23.0 Å². The summed E-state index contributed by atoms with van der Waals surface area (Å²) >= 11 is 5.84. The van der Waals surface area contributed by atoms with Crippen LogP contribution in [-0.4, -0.2) is 31.7 Å². The lowest BCUT2D eigenvalue weighted by atomic mass is 10.2. The largest absolute Gasteiger partial charge is 0.332 e. The van der Waals surface area contributed by atoms with Crippen molar-refractivity contribution in [1.82, 2.24) is 25.1 Å². The fourth-order valence-electron chi connectivity index (χ4n) is 1.68. The summed E-state index contributed by atoms with van der Waals surface area (Å²) in [5.74, 6) is 0.795. The summed E-state index contributed by atoms with van der Waals surface area (Å²) in [6, 6.07) is 7.18. The zero-order chi connectivity index (χ0) is 13.9. The summed E-state index contributed by atoms with van der Waals surface area (Å²) in [6.07, 6.45) is 1.71. The first-order valence-electron chi connectivity index (χ1n) is 5.96. The molecule has 7 nitrogen and oxygen atoms in total. The summed E-state index contributed by atoms with van der Waals surface area (Å²) in [7, 11) is 0. The summed E-state index contributed by atoms with van der Waals surface area (Å²) in [4.78, 5) is 4.29. The number of hydrogen-bond donors (Lipinski definition) is 1. The Kier molecular flexibility index (Phi) is 3.44. The first kappa shape index (κ1) is 12.8. The Morgan fingerprint density at radius 1 is 1.25 bits per heavy atom. The molecule has 0 aliphatic heterocycles. The van der Waals surface area contributed by atoms with Gasteiger partial charge in [0.1, 0.15) is 0 Å². The van der Waals surface area contributed by atoms with E-state index in [9.17, 15) is 0 Å². The van der Waals surface area contributed by atoms with Gasteiger partial charge in [0, 0.05) is 17.1 Å². The normalized spacial score (nSPS) is 10.9. The van der Waals surface area contributed by atoms with E-state index in [4.69, 9.17) is 21.9 Å². The SMILES string of the molecule is NCCn1cc(-c2nc(-c3ccc(Cl)cc3)no2)nn1. The molecule has 3 aromatic rings. The van der Waals surface area contributed by atoms with Crippen molar-refractivity contribution >= 4 is 11.6 Å². The van der Waals surface area contributed by atoms with Gasteiger partial charge in [-0.15, -0.1) is 5.10 Å². The maximum Gasteiger partial charge on any atom is 0.280 e. The third-order valence-electron chi connectivity index (χ3n) is 2.64. The standard InChI is InChI=1S/C12H11ClN6O/c13-9-3-1-8(2-4-9)11-15-12(20-17-11)10-7-19(6-5-14)18-16-10/h1-4,7H,5-6,14H2. The Labute approximate surface area is 119 Å². The van der Waals surface area contributed by atoms with Crippen LogP contribution in [0, 0.1) is 0 Å². The van der Waals surface area contributed by atoms with Crippen molar-refractivity contribution in [2.45, 2.75) is 6.54 Å². The molecule has 8 heteroatoms. The highest BCUT2D eigenvalue weighted by Crippen LogP contribution is 2.21. The predicted molar refractivity (Wildman–Crippen MR) is 72.8 cm³/mol. The Hall–Kier alpha value is -2.25. The highest BCUT2D eigenvalue weighted by Gasteiger charge is 2.13. The van der Waals surface area contributed by atoms with E-state index in [1.165, 1.54) is 0 Å². The average molecular weight is 291 g/mol. The first-order valence-corrected chi connectivity index (χ1v) is 6.34. The molecule has 0 saturated heterocycles. The van der Waals surface area contributed by atoms with E-state index in [0.717, 1.165) is 5.56 Å². The second kappa shape index (κ2) is 5.40. The fraction of sp³-hybridized carbons (Fsp3) is 0.167. The Bertz CT molecular complexity index is 705. The molecule has 1 aromatic carbocycles. The molecule has 0 amide bonds. The Balaban J connectivity index is 1.87. The minimum Gasteiger partial charge on any atom is -0.332 e. The van der Waals surface area contributed by atoms with Gasteiger partial charge in [-0.2, -0.15) is 4.98 Å². The maximum absolute atomic E-state index is 5.84. The topological polar surface area (TPSA) is 95.7 Å². The van der Waals surface area contributed by atoms with Crippen LogP contribution in [0.2, 0.25) is 5.02 Å². The van der Waals surface area contributed by atoms with E-state index in [-0.39, 0.29) is 0 Å². The minimum absolute atomic E-state index is 0.318. The van der Waals surface area contributed by atoms with Crippen LogP contribution in [0.3, 0.4) is 0 Å². The van der Waals surface area contributed by atoms with Gasteiger partial charge < -0.3 is 10.3 Å². The second-order valence-corrected chi connectivity index (χ2v) is 4.52. The molecule has 0 radical (unpaired) electrons. The van der Waals surface area contributed by atoms with Gasteiger partial charge in [0.25, 0.3) is 5.89 Å². The number of aromatic nitrogens is 5. The quantitative estimate of drug-likeness (QED) is 0.784. The van der Waals surface area contributed by atoms with Crippen molar-refractivity contribution in [2.75, 3.05) is 6.54 Å². The van der Waals surface area contributed by atoms with Crippen molar-refractivity contribution in [2.24, 2.45) is 5.73 Å². The summed E-state index contributed by atoms with van der Waals surface area (Å²) < 4.78 is 6.81. The molecule has 0 fully saturated rings. The molecular formula is C12H11ClN6O. The molecule has 0 aliphatic rings. The van der Waals surface area contributed by atoms with Crippen LogP contribution in [0.25, 0.3) is 23.0 Å². The zero-order valence-corrected chi connectivity index (χ0v) is 11.2. The van der Waals surface area contributed by atoms with E-state index in [0.29, 0.717) is 35.5 Å². The van der Waals surface area contributed by atoms with Crippen LogP contribution < -0.4 is 5.73 Å². The van der Waals surface area contributed by atoms with Crippen LogP contribution in [-0.2, 0) is 6.54 Å². The van der Waals surface area contributed by atoms with E-state index in [1.54, 1.807) is 23.0 Å². The Morgan fingerprint density at radius 2 is 2.05 bits per heavy atom. The van der Waals surface area contributed by atoms with E-state index in [1.807, 2.05) is 12.1 Å². The Morgan fingerprint density at radius 3 is 2.80 bits per heavy atom. The lowest BCUT2D eigenvalue weighted by molar-refractivity contribution is 0.431. The molecule has 0 saturated carbocycles. The lowest BCUT2D eigenvalue weighted by Crippen LogP contribution is -2.10.